The monoisotopic (exact) mass is 380 g/mol. The van der Waals surface area contributed by atoms with Crippen molar-refractivity contribution < 1.29 is 14.3 Å². The molecular formula is C23H28N2O3. The average Bonchev–Trinajstić information content (AvgIpc) is 2.74. The Kier molecular flexibility index (Phi) is 6.69. The molecule has 0 aromatic heterocycles. The SMILES string of the molecule is CN=C(C(=O)NCCc1ccc(OC)c(OC)c1)c1ccc2c(c1)CCCC2. The van der Waals surface area contributed by atoms with Gasteiger partial charge in [-0.1, -0.05) is 18.2 Å². The number of methoxy groups -OCH3 is 2. The van der Waals surface area contributed by atoms with Gasteiger partial charge in [-0.2, -0.15) is 0 Å². The summed E-state index contributed by atoms with van der Waals surface area (Å²) < 4.78 is 10.6. The zero-order chi connectivity index (χ0) is 19.9. The maximum absolute atomic E-state index is 12.7. The number of nitrogens with zero attached hydrogens (tertiary/aromatic N) is 1. The molecule has 5 heteroatoms. The molecule has 0 radical (unpaired) electrons. The van der Waals surface area contributed by atoms with Crippen molar-refractivity contribution >= 4 is 11.6 Å². The number of ether oxygens (including phenoxy) is 2. The molecule has 1 aliphatic carbocycles. The molecule has 0 heterocycles. The molecule has 0 saturated heterocycles. The first-order valence-corrected chi connectivity index (χ1v) is 9.74. The predicted octanol–water partition coefficient (Wildman–Crippen LogP) is 3.36. The van der Waals surface area contributed by atoms with Gasteiger partial charge in [0.2, 0.25) is 0 Å². The van der Waals surface area contributed by atoms with Crippen LogP contribution in [-0.4, -0.2) is 39.4 Å². The van der Waals surface area contributed by atoms with E-state index in [4.69, 9.17) is 9.47 Å². The molecule has 2 aromatic rings. The van der Waals surface area contributed by atoms with E-state index < -0.39 is 0 Å². The van der Waals surface area contributed by atoms with Crippen LogP contribution in [0.2, 0.25) is 0 Å². The van der Waals surface area contributed by atoms with Crippen LogP contribution in [0.15, 0.2) is 41.4 Å². The predicted molar refractivity (Wildman–Crippen MR) is 112 cm³/mol. The van der Waals surface area contributed by atoms with Gasteiger partial charge in [-0.15, -0.1) is 0 Å². The number of benzene rings is 2. The van der Waals surface area contributed by atoms with Crippen LogP contribution < -0.4 is 14.8 Å². The van der Waals surface area contributed by atoms with E-state index in [9.17, 15) is 4.79 Å². The third-order valence-electron chi connectivity index (χ3n) is 5.21. The molecule has 0 aliphatic heterocycles. The van der Waals surface area contributed by atoms with Crippen LogP contribution in [0.4, 0.5) is 0 Å². The number of carbonyl (C=O) groups is 1. The van der Waals surface area contributed by atoms with E-state index in [0.29, 0.717) is 30.2 Å². The number of fused-ring (bicyclic) bond motifs is 1. The van der Waals surface area contributed by atoms with Crippen molar-refractivity contribution in [2.75, 3.05) is 27.8 Å². The van der Waals surface area contributed by atoms with Crippen molar-refractivity contribution in [3.05, 3.63) is 58.7 Å². The van der Waals surface area contributed by atoms with Crippen LogP contribution in [0, 0.1) is 0 Å². The van der Waals surface area contributed by atoms with E-state index in [2.05, 4.69) is 22.4 Å². The van der Waals surface area contributed by atoms with Gasteiger partial charge >= 0.3 is 0 Å². The third-order valence-corrected chi connectivity index (χ3v) is 5.21. The number of rotatable bonds is 7. The van der Waals surface area contributed by atoms with Crippen molar-refractivity contribution in [2.45, 2.75) is 32.1 Å². The maximum atomic E-state index is 12.7. The second-order valence-corrected chi connectivity index (χ2v) is 6.96. The van der Waals surface area contributed by atoms with Gasteiger partial charge in [0.15, 0.2) is 11.5 Å². The van der Waals surface area contributed by atoms with E-state index in [0.717, 1.165) is 24.0 Å². The molecular weight excluding hydrogens is 352 g/mol. The van der Waals surface area contributed by atoms with Gasteiger partial charge in [0, 0.05) is 19.2 Å². The first-order chi connectivity index (χ1) is 13.7. The van der Waals surface area contributed by atoms with E-state index in [1.165, 1.54) is 24.0 Å². The fraction of sp³-hybridized carbons (Fsp3) is 0.391. The van der Waals surface area contributed by atoms with Crippen molar-refractivity contribution in [1.29, 1.82) is 0 Å². The minimum atomic E-state index is -0.140. The second-order valence-electron chi connectivity index (χ2n) is 6.96. The Morgan fingerprint density at radius 1 is 1.00 bits per heavy atom. The molecule has 3 rings (SSSR count). The first kappa shape index (κ1) is 19.9. The zero-order valence-electron chi connectivity index (χ0n) is 16.9. The Bertz CT molecular complexity index is 874. The average molecular weight is 380 g/mol. The standard InChI is InChI=1S/C23H28N2O3/c1-24-22(19-10-9-17-6-4-5-7-18(17)15-19)23(26)25-13-12-16-8-11-20(27-2)21(14-16)28-3/h8-11,14-15H,4-7,12-13H2,1-3H3,(H,25,26). The Morgan fingerprint density at radius 3 is 2.46 bits per heavy atom. The van der Waals surface area contributed by atoms with Crippen LogP contribution >= 0.6 is 0 Å². The van der Waals surface area contributed by atoms with Crippen molar-refractivity contribution in [2.24, 2.45) is 4.99 Å². The molecule has 0 unspecified atom stereocenters. The number of hydrogen-bond acceptors (Lipinski definition) is 4. The van der Waals surface area contributed by atoms with Crippen LogP contribution in [0.1, 0.15) is 35.1 Å². The fourth-order valence-corrected chi connectivity index (χ4v) is 3.68. The lowest BCUT2D eigenvalue weighted by Gasteiger charge is -2.17. The molecule has 5 nitrogen and oxygen atoms in total. The lowest BCUT2D eigenvalue weighted by molar-refractivity contribution is -0.114. The summed E-state index contributed by atoms with van der Waals surface area (Å²) in [6.45, 7) is 0.526. The normalized spacial score (nSPS) is 13.6. The largest absolute Gasteiger partial charge is 0.493 e. The Labute approximate surface area is 166 Å². The highest BCUT2D eigenvalue weighted by molar-refractivity contribution is 6.45. The number of amides is 1. The molecule has 0 fully saturated rings. The molecule has 0 bridgehead atoms. The molecule has 0 spiro atoms. The highest BCUT2D eigenvalue weighted by atomic mass is 16.5. The lowest BCUT2D eigenvalue weighted by Crippen LogP contribution is -2.33. The van der Waals surface area contributed by atoms with Crippen LogP contribution in [0.25, 0.3) is 0 Å². The summed E-state index contributed by atoms with van der Waals surface area (Å²) in [5.41, 5.74) is 5.21. The number of hydrogen-bond donors (Lipinski definition) is 1. The van der Waals surface area contributed by atoms with Crippen molar-refractivity contribution in [3.8, 4) is 11.5 Å². The molecule has 0 atom stereocenters. The third kappa shape index (κ3) is 4.53. The van der Waals surface area contributed by atoms with Crippen LogP contribution in [0.3, 0.4) is 0 Å². The summed E-state index contributed by atoms with van der Waals surface area (Å²) in [6.07, 6.45) is 5.38. The minimum Gasteiger partial charge on any atom is -0.493 e. The Hall–Kier alpha value is -2.82. The molecule has 2 aromatic carbocycles. The van der Waals surface area contributed by atoms with E-state index in [1.807, 2.05) is 24.3 Å². The number of nitrogens with one attached hydrogen (secondary N) is 1. The first-order valence-electron chi connectivity index (χ1n) is 9.74. The summed E-state index contributed by atoms with van der Waals surface area (Å²) in [4.78, 5) is 16.9. The summed E-state index contributed by atoms with van der Waals surface area (Å²) in [7, 11) is 4.90. The fourth-order valence-electron chi connectivity index (χ4n) is 3.68. The number of aliphatic imine (C=N–C) groups is 1. The second kappa shape index (κ2) is 9.40. The number of carbonyl (C=O) groups excluding carboxylic acids is 1. The van der Waals surface area contributed by atoms with Gasteiger partial charge in [-0.25, -0.2) is 0 Å². The highest BCUT2D eigenvalue weighted by Crippen LogP contribution is 2.27. The van der Waals surface area contributed by atoms with Gasteiger partial charge in [0.1, 0.15) is 5.71 Å². The topological polar surface area (TPSA) is 59.9 Å². The highest BCUT2D eigenvalue weighted by Gasteiger charge is 2.16. The van der Waals surface area contributed by atoms with Gasteiger partial charge in [0.25, 0.3) is 5.91 Å². The van der Waals surface area contributed by atoms with E-state index >= 15 is 0 Å². The molecule has 0 saturated carbocycles. The quantitative estimate of drug-likeness (QED) is 0.750. The number of aryl methyl sites for hydroxylation is 2. The summed E-state index contributed by atoms with van der Waals surface area (Å²) in [5.74, 6) is 1.25. The van der Waals surface area contributed by atoms with Crippen LogP contribution in [-0.2, 0) is 24.1 Å². The summed E-state index contributed by atoms with van der Waals surface area (Å²) in [6, 6.07) is 12.1. The van der Waals surface area contributed by atoms with E-state index in [-0.39, 0.29) is 5.91 Å². The van der Waals surface area contributed by atoms with Gasteiger partial charge in [0.05, 0.1) is 14.2 Å². The summed E-state index contributed by atoms with van der Waals surface area (Å²) in [5, 5.41) is 2.98. The van der Waals surface area contributed by atoms with E-state index in [1.54, 1.807) is 21.3 Å². The Balaban J connectivity index is 1.62. The molecule has 28 heavy (non-hydrogen) atoms. The molecule has 148 valence electrons. The molecule has 1 N–H and O–H groups in total. The van der Waals surface area contributed by atoms with Gasteiger partial charge < -0.3 is 14.8 Å². The smallest absolute Gasteiger partial charge is 0.270 e. The van der Waals surface area contributed by atoms with Crippen molar-refractivity contribution in [1.82, 2.24) is 5.32 Å². The van der Waals surface area contributed by atoms with Gasteiger partial charge in [-0.05, 0) is 67.0 Å². The molecule has 1 amide bonds. The zero-order valence-corrected chi connectivity index (χ0v) is 16.9. The summed E-state index contributed by atoms with van der Waals surface area (Å²) >= 11 is 0. The maximum Gasteiger partial charge on any atom is 0.270 e. The lowest BCUT2D eigenvalue weighted by atomic mass is 9.89. The molecule has 1 aliphatic rings. The van der Waals surface area contributed by atoms with Crippen molar-refractivity contribution in [3.63, 3.8) is 0 Å². The van der Waals surface area contributed by atoms with Crippen LogP contribution in [0.5, 0.6) is 11.5 Å². The Morgan fingerprint density at radius 2 is 1.75 bits per heavy atom. The van der Waals surface area contributed by atoms with Gasteiger partial charge in [-0.3, -0.25) is 9.79 Å². The minimum absolute atomic E-state index is 0.140.